The molecule has 0 aliphatic heterocycles. The normalized spacial score (nSPS) is 13.3. The zero-order valence-electron chi connectivity index (χ0n) is 11.4. The molecule has 0 aromatic carbocycles. The van der Waals surface area contributed by atoms with Gasteiger partial charge in [-0.05, 0) is 17.9 Å². The molecule has 0 bridgehead atoms. The summed E-state index contributed by atoms with van der Waals surface area (Å²) in [7, 11) is 0. The van der Waals surface area contributed by atoms with Gasteiger partial charge in [0, 0.05) is 31.9 Å². The zero-order chi connectivity index (χ0) is 13.6. The van der Waals surface area contributed by atoms with Crippen LogP contribution < -0.4 is 5.32 Å². The van der Waals surface area contributed by atoms with E-state index in [0.29, 0.717) is 25.9 Å². The maximum atomic E-state index is 11.5. The van der Waals surface area contributed by atoms with Crippen molar-refractivity contribution in [3.63, 3.8) is 0 Å². The number of nitrogens with one attached hydrogen (secondary N) is 1. The molecule has 1 aromatic heterocycles. The van der Waals surface area contributed by atoms with E-state index in [9.17, 15) is 9.90 Å². The fourth-order valence-corrected chi connectivity index (χ4v) is 1.75. The van der Waals surface area contributed by atoms with Crippen LogP contribution in [0, 0.1) is 5.41 Å². The number of amides is 1. The SMILES string of the molecule is CC(C)(C)CC(O)CNC(=O)CCn1cccn1. The quantitative estimate of drug-likeness (QED) is 0.800. The average Bonchev–Trinajstić information content (AvgIpc) is 2.74. The Hall–Kier alpha value is -1.36. The molecule has 1 amide bonds. The minimum Gasteiger partial charge on any atom is -0.391 e. The molecule has 102 valence electrons. The van der Waals surface area contributed by atoms with Crippen molar-refractivity contribution in [2.45, 2.75) is 46.3 Å². The standard InChI is InChI=1S/C13H23N3O2/c1-13(2,3)9-11(17)10-14-12(18)5-8-16-7-4-6-15-16/h4,6-7,11,17H,5,8-10H2,1-3H3,(H,14,18). The van der Waals surface area contributed by atoms with Crippen molar-refractivity contribution in [3.05, 3.63) is 18.5 Å². The van der Waals surface area contributed by atoms with Crippen LogP contribution in [-0.2, 0) is 11.3 Å². The summed E-state index contributed by atoms with van der Waals surface area (Å²) in [5, 5.41) is 16.5. The van der Waals surface area contributed by atoms with Crippen LogP contribution in [0.2, 0.25) is 0 Å². The minimum atomic E-state index is -0.487. The molecular formula is C13H23N3O2. The van der Waals surface area contributed by atoms with Gasteiger partial charge in [-0.15, -0.1) is 0 Å². The molecule has 18 heavy (non-hydrogen) atoms. The Morgan fingerprint density at radius 3 is 2.78 bits per heavy atom. The van der Waals surface area contributed by atoms with Crippen molar-refractivity contribution >= 4 is 5.91 Å². The average molecular weight is 253 g/mol. The van der Waals surface area contributed by atoms with E-state index >= 15 is 0 Å². The Morgan fingerprint density at radius 2 is 2.22 bits per heavy atom. The van der Waals surface area contributed by atoms with Crippen molar-refractivity contribution in [1.29, 1.82) is 0 Å². The maximum Gasteiger partial charge on any atom is 0.221 e. The summed E-state index contributed by atoms with van der Waals surface area (Å²) in [4.78, 5) is 11.5. The van der Waals surface area contributed by atoms with E-state index in [-0.39, 0.29) is 11.3 Å². The summed E-state index contributed by atoms with van der Waals surface area (Å²) in [6.07, 6.45) is 4.07. The first-order valence-electron chi connectivity index (χ1n) is 6.29. The molecule has 5 nitrogen and oxygen atoms in total. The number of nitrogens with zero attached hydrogens (tertiary/aromatic N) is 2. The predicted octanol–water partition coefficient (Wildman–Crippen LogP) is 1.19. The molecule has 0 aliphatic rings. The summed E-state index contributed by atoms with van der Waals surface area (Å²) in [5.74, 6) is -0.0570. The summed E-state index contributed by atoms with van der Waals surface area (Å²) in [5.41, 5.74) is 0.0687. The largest absolute Gasteiger partial charge is 0.391 e. The van der Waals surface area contributed by atoms with Gasteiger partial charge in [0.2, 0.25) is 5.91 Å². The number of hydrogen-bond donors (Lipinski definition) is 2. The monoisotopic (exact) mass is 253 g/mol. The molecule has 1 unspecified atom stereocenters. The fraction of sp³-hybridized carbons (Fsp3) is 0.692. The van der Waals surface area contributed by atoms with Gasteiger partial charge in [-0.1, -0.05) is 20.8 Å². The van der Waals surface area contributed by atoms with E-state index in [1.54, 1.807) is 10.9 Å². The fourth-order valence-electron chi connectivity index (χ4n) is 1.75. The summed E-state index contributed by atoms with van der Waals surface area (Å²) >= 11 is 0. The first-order valence-corrected chi connectivity index (χ1v) is 6.29. The summed E-state index contributed by atoms with van der Waals surface area (Å²) in [6, 6.07) is 1.82. The van der Waals surface area contributed by atoms with Crippen LogP contribution in [0.3, 0.4) is 0 Å². The Labute approximate surface area is 108 Å². The van der Waals surface area contributed by atoms with Gasteiger partial charge in [-0.2, -0.15) is 5.10 Å². The second-order valence-corrected chi connectivity index (χ2v) is 5.74. The van der Waals surface area contributed by atoms with E-state index in [2.05, 4.69) is 31.2 Å². The highest BCUT2D eigenvalue weighted by molar-refractivity contribution is 5.75. The molecule has 0 saturated carbocycles. The van der Waals surface area contributed by atoms with Gasteiger partial charge in [0.05, 0.1) is 6.10 Å². The van der Waals surface area contributed by atoms with Gasteiger partial charge in [-0.3, -0.25) is 9.48 Å². The Kier molecular flexibility index (Phi) is 5.34. The summed E-state index contributed by atoms with van der Waals surface area (Å²) in [6.45, 7) is 7.07. The molecule has 1 heterocycles. The van der Waals surface area contributed by atoms with Crippen molar-refractivity contribution in [2.24, 2.45) is 5.41 Å². The lowest BCUT2D eigenvalue weighted by Gasteiger charge is -2.22. The van der Waals surface area contributed by atoms with Crippen LogP contribution in [0.4, 0.5) is 0 Å². The maximum absolute atomic E-state index is 11.5. The highest BCUT2D eigenvalue weighted by Gasteiger charge is 2.17. The van der Waals surface area contributed by atoms with Crippen molar-refractivity contribution < 1.29 is 9.90 Å². The molecule has 1 atom stereocenters. The Morgan fingerprint density at radius 1 is 1.50 bits per heavy atom. The molecular weight excluding hydrogens is 230 g/mol. The van der Waals surface area contributed by atoms with Gasteiger partial charge in [-0.25, -0.2) is 0 Å². The Bertz CT molecular complexity index is 355. The van der Waals surface area contributed by atoms with Gasteiger partial charge in [0.15, 0.2) is 0 Å². The third kappa shape index (κ3) is 6.39. The van der Waals surface area contributed by atoms with E-state index in [1.807, 2.05) is 12.3 Å². The first-order chi connectivity index (χ1) is 8.37. The van der Waals surface area contributed by atoms with Crippen molar-refractivity contribution in [3.8, 4) is 0 Å². The third-order valence-corrected chi connectivity index (χ3v) is 2.51. The number of aryl methyl sites for hydroxylation is 1. The molecule has 0 spiro atoms. The number of carbonyl (C=O) groups excluding carboxylic acids is 1. The molecule has 0 aliphatic carbocycles. The Balaban J connectivity index is 2.17. The van der Waals surface area contributed by atoms with E-state index in [0.717, 1.165) is 0 Å². The van der Waals surface area contributed by atoms with Crippen LogP contribution in [0.15, 0.2) is 18.5 Å². The first kappa shape index (κ1) is 14.7. The second kappa shape index (κ2) is 6.54. The number of aromatic nitrogens is 2. The number of hydrogen-bond acceptors (Lipinski definition) is 3. The van der Waals surface area contributed by atoms with Gasteiger partial charge in [0.25, 0.3) is 0 Å². The lowest BCUT2D eigenvalue weighted by atomic mass is 9.89. The molecule has 5 heteroatoms. The van der Waals surface area contributed by atoms with Crippen LogP contribution in [0.1, 0.15) is 33.6 Å². The summed E-state index contributed by atoms with van der Waals surface area (Å²) < 4.78 is 1.71. The number of rotatable bonds is 6. The highest BCUT2D eigenvalue weighted by Crippen LogP contribution is 2.20. The molecule has 1 aromatic rings. The smallest absolute Gasteiger partial charge is 0.221 e. The van der Waals surface area contributed by atoms with Crippen LogP contribution >= 0.6 is 0 Å². The van der Waals surface area contributed by atoms with E-state index < -0.39 is 6.10 Å². The molecule has 0 saturated heterocycles. The topological polar surface area (TPSA) is 67.2 Å². The van der Waals surface area contributed by atoms with Crippen molar-refractivity contribution in [1.82, 2.24) is 15.1 Å². The highest BCUT2D eigenvalue weighted by atomic mass is 16.3. The van der Waals surface area contributed by atoms with Crippen molar-refractivity contribution in [2.75, 3.05) is 6.54 Å². The number of carbonyl (C=O) groups is 1. The minimum absolute atomic E-state index is 0.0570. The predicted molar refractivity (Wildman–Crippen MR) is 69.9 cm³/mol. The van der Waals surface area contributed by atoms with Gasteiger partial charge < -0.3 is 10.4 Å². The zero-order valence-corrected chi connectivity index (χ0v) is 11.4. The lowest BCUT2D eigenvalue weighted by Crippen LogP contribution is -2.34. The molecule has 0 fully saturated rings. The van der Waals surface area contributed by atoms with Gasteiger partial charge in [0.1, 0.15) is 0 Å². The molecule has 1 rings (SSSR count). The molecule has 2 N–H and O–H groups in total. The number of aliphatic hydroxyl groups is 1. The van der Waals surface area contributed by atoms with Crippen LogP contribution in [0.5, 0.6) is 0 Å². The second-order valence-electron chi connectivity index (χ2n) is 5.74. The number of aliphatic hydroxyl groups excluding tert-OH is 1. The van der Waals surface area contributed by atoms with E-state index in [4.69, 9.17) is 0 Å². The third-order valence-electron chi connectivity index (χ3n) is 2.51. The molecule has 0 radical (unpaired) electrons. The van der Waals surface area contributed by atoms with E-state index in [1.165, 1.54) is 0 Å². The van der Waals surface area contributed by atoms with Crippen LogP contribution in [-0.4, -0.2) is 33.4 Å². The lowest BCUT2D eigenvalue weighted by molar-refractivity contribution is -0.121. The van der Waals surface area contributed by atoms with Gasteiger partial charge >= 0.3 is 0 Å². The van der Waals surface area contributed by atoms with Crippen LogP contribution in [0.25, 0.3) is 0 Å².